The lowest BCUT2D eigenvalue weighted by molar-refractivity contribution is 0.381. The second kappa shape index (κ2) is 5.31. The number of nitrogens with one attached hydrogen (secondary N) is 1. The molecule has 1 aromatic rings. The minimum Gasteiger partial charge on any atom is -0.316 e. The van der Waals surface area contributed by atoms with Gasteiger partial charge in [0.1, 0.15) is 5.82 Å². The van der Waals surface area contributed by atoms with E-state index in [-0.39, 0.29) is 0 Å². The Morgan fingerprint density at radius 2 is 2.20 bits per heavy atom. The minimum atomic E-state index is -3.51. The van der Waals surface area contributed by atoms with Crippen LogP contribution in [0.2, 0.25) is 0 Å². The molecule has 0 spiro atoms. The molecule has 2 heterocycles. The minimum absolute atomic E-state index is 0.372. The van der Waals surface area contributed by atoms with Gasteiger partial charge in [-0.2, -0.15) is 12.7 Å². The summed E-state index contributed by atoms with van der Waals surface area (Å²) < 4.78 is 41.1. The summed E-state index contributed by atoms with van der Waals surface area (Å²) in [6.45, 7) is 3.21. The molecule has 20 heavy (non-hydrogen) atoms. The van der Waals surface area contributed by atoms with Gasteiger partial charge in [0.05, 0.1) is 5.69 Å². The van der Waals surface area contributed by atoms with Gasteiger partial charge in [0.25, 0.3) is 0 Å². The Morgan fingerprint density at radius 1 is 1.35 bits per heavy atom. The van der Waals surface area contributed by atoms with Crippen molar-refractivity contribution in [3.05, 3.63) is 30.1 Å². The van der Waals surface area contributed by atoms with Crippen LogP contribution in [0.4, 0.5) is 10.1 Å². The van der Waals surface area contributed by atoms with E-state index in [1.54, 1.807) is 6.07 Å². The van der Waals surface area contributed by atoms with Crippen molar-refractivity contribution in [2.24, 2.45) is 5.92 Å². The van der Waals surface area contributed by atoms with Gasteiger partial charge in [-0.15, -0.1) is 0 Å². The van der Waals surface area contributed by atoms with Gasteiger partial charge in [-0.05, 0) is 43.6 Å². The number of hydrogen-bond donors (Lipinski definition) is 1. The molecule has 0 aromatic heterocycles. The van der Waals surface area contributed by atoms with Crippen LogP contribution in [0, 0.1) is 11.7 Å². The summed E-state index contributed by atoms with van der Waals surface area (Å²) in [5.41, 5.74) is 0.400. The second-order valence-electron chi connectivity index (χ2n) is 5.28. The standard InChI is InChI=1S/C13H18FN3O2S/c14-12-2-1-3-13(8-12)17-7-6-16(20(17,18)19)10-11-4-5-15-9-11/h1-3,8,11,15H,4-7,9-10H2. The molecule has 0 aliphatic carbocycles. The van der Waals surface area contributed by atoms with Gasteiger partial charge >= 0.3 is 10.2 Å². The molecule has 1 atom stereocenters. The van der Waals surface area contributed by atoms with Crippen LogP contribution >= 0.6 is 0 Å². The van der Waals surface area contributed by atoms with Gasteiger partial charge in [-0.3, -0.25) is 4.31 Å². The molecule has 1 aromatic carbocycles. The Balaban J connectivity index is 1.78. The highest BCUT2D eigenvalue weighted by Crippen LogP contribution is 2.27. The summed E-state index contributed by atoms with van der Waals surface area (Å²) in [6.07, 6.45) is 1.01. The molecule has 5 nitrogen and oxygen atoms in total. The van der Waals surface area contributed by atoms with Gasteiger partial charge in [0, 0.05) is 19.6 Å². The van der Waals surface area contributed by atoms with Gasteiger partial charge < -0.3 is 5.32 Å². The van der Waals surface area contributed by atoms with Gasteiger partial charge in [0.15, 0.2) is 0 Å². The van der Waals surface area contributed by atoms with Crippen molar-refractivity contribution in [2.75, 3.05) is 37.0 Å². The smallest absolute Gasteiger partial charge is 0.304 e. The van der Waals surface area contributed by atoms with E-state index >= 15 is 0 Å². The largest absolute Gasteiger partial charge is 0.316 e. The molecule has 7 heteroatoms. The van der Waals surface area contributed by atoms with Crippen molar-refractivity contribution in [1.29, 1.82) is 0 Å². The highest BCUT2D eigenvalue weighted by atomic mass is 32.2. The summed E-state index contributed by atoms with van der Waals surface area (Å²) in [7, 11) is -3.51. The van der Waals surface area contributed by atoms with E-state index in [9.17, 15) is 12.8 Å². The van der Waals surface area contributed by atoms with Gasteiger partial charge in [-0.1, -0.05) is 6.07 Å². The Hall–Kier alpha value is -1.18. The first kappa shape index (κ1) is 13.8. The number of benzene rings is 1. The normalized spacial score (nSPS) is 26.2. The zero-order valence-electron chi connectivity index (χ0n) is 11.1. The fraction of sp³-hybridized carbons (Fsp3) is 0.538. The summed E-state index contributed by atoms with van der Waals surface area (Å²) >= 11 is 0. The van der Waals surface area contributed by atoms with E-state index in [4.69, 9.17) is 0 Å². The van der Waals surface area contributed by atoms with Crippen LogP contribution < -0.4 is 9.62 Å². The van der Waals surface area contributed by atoms with E-state index in [0.29, 0.717) is 31.2 Å². The van der Waals surface area contributed by atoms with Crippen LogP contribution in [0.25, 0.3) is 0 Å². The predicted octanol–water partition coefficient (Wildman–Crippen LogP) is 0.802. The summed E-state index contributed by atoms with van der Waals surface area (Å²) in [5, 5.41) is 3.24. The summed E-state index contributed by atoms with van der Waals surface area (Å²) in [5.74, 6) is -0.0478. The van der Waals surface area contributed by atoms with E-state index in [2.05, 4.69) is 5.32 Å². The van der Waals surface area contributed by atoms with Crippen molar-refractivity contribution < 1.29 is 12.8 Å². The number of nitrogens with zero attached hydrogens (tertiary/aromatic N) is 2. The molecule has 1 N–H and O–H groups in total. The van der Waals surface area contributed by atoms with Crippen molar-refractivity contribution in [2.45, 2.75) is 6.42 Å². The van der Waals surface area contributed by atoms with Crippen LogP contribution in [-0.2, 0) is 10.2 Å². The SMILES string of the molecule is O=S1(=O)N(CC2CCNC2)CCN1c1cccc(F)c1. The molecule has 2 fully saturated rings. The average molecular weight is 299 g/mol. The molecule has 2 aliphatic heterocycles. The van der Waals surface area contributed by atoms with Gasteiger partial charge in [0.2, 0.25) is 0 Å². The first-order chi connectivity index (χ1) is 9.57. The van der Waals surface area contributed by atoms with Crippen LogP contribution in [0.3, 0.4) is 0 Å². The molecule has 0 saturated carbocycles. The molecule has 0 radical (unpaired) electrons. The topological polar surface area (TPSA) is 52.7 Å². The quantitative estimate of drug-likeness (QED) is 0.898. The molecule has 0 bridgehead atoms. The summed E-state index contributed by atoms with van der Waals surface area (Å²) in [4.78, 5) is 0. The lowest BCUT2D eigenvalue weighted by Gasteiger charge is -2.22. The third kappa shape index (κ3) is 2.53. The average Bonchev–Trinajstić information content (AvgIpc) is 2.99. The number of halogens is 1. The maximum atomic E-state index is 13.3. The van der Waals surface area contributed by atoms with E-state index < -0.39 is 16.0 Å². The van der Waals surface area contributed by atoms with Crippen molar-refractivity contribution in [1.82, 2.24) is 9.62 Å². The molecule has 3 rings (SSSR count). The number of anilines is 1. The number of rotatable bonds is 3. The molecule has 110 valence electrons. The van der Waals surface area contributed by atoms with E-state index in [1.165, 1.54) is 26.8 Å². The van der Waals surface area contributed by atoms with Crippen molar-refractivity contribution in [3.8, 4) is 0 Å². The number of hydrogen-bond acceptors (Lipinski definition) is 3. The lowest BCUT2D eigenvalue weighted by Crippen LogP contribution is -2.36. The fourth-order valence-corrected chi connectivity index (χ4v) is 4.49. The Labute approximate surface area is 118 Å². The highest BCUT2D eigenvalue weighted by molar-refractivity contribution is 7.90. The van der Waals surface area contributed by atoms with Crippen molar-refractivity contribution >= 4 is 15.9 Å². The first-order valence-corrected chi connectivity index (χ1v) is 8.21. The Bertz CT molecular complexity index is 587. The third-order valence-electron chi connectivity index (χ3n) is 3.88. The van der Waals surface area contributed by atoms with Crippen LogP contribution in [-0.4, -0.2) is 45.4 Å². The zero-order chi connectivity index (χ0) is 14.2. The van der Waals surface area contributed by atoms with Crippen LogP contribution in [0.15, 0.2) is 24.3 Å². The molecule has 2 aliphatic rings. The molecular weight excluding hydrogens is 281 g/mol. The first-order valence-electron chi connectivity index (χ1n) is 6.81. The highest BCUT2D eigenvalue weighted by Gasteiger charge is 2.38. The molecule has 2 saturated heterocycles. The van der Waals surface area contributed by atoms with Crippen LogP contribution in [0.5, 0.6) is 0 Å². The fourth-order valence-electron chi connectivity index (χ4n) is 2.81. The third-order valence-corrected chi connectivity index (χ3v) is 5.81. The maximum Gasteiger partial charge on any atom is 0.304 e. The van der Waals surface area contributed by atoms with E-state index in [0.717, 1.165) is 19.5 Å². The monoisotopic (exact) mass is 299 g/mol. The maximum absolute atomic E-state index is 13.3. The molecule has 1 unspecified atom stereocenters. The van der Waals surface area contributed by atoms with Crippen LogP contribution in [0.1, 0.15) is 6.42 Å². The van der Waals surface area contributed by atoms with E-state index in [1.807, 2.05) is 0 Å². The predicted molar refractivity (Wildman–Crippen MR) is 75.2 cm³/mol. The Kier molecular flexibility index (Phi) is 3.66. The Morgan fingerprint density at radius 3 is 2.90 bits per heavy atom. The van der Waals surface area contributed by atoms with Gasteiger partial charge in [-0.25, -0.2) is 4.39 Å². The second-order valence-corrected chi connectivity index (χ2v) is 7.13. The molecular formula is C13H18FN3O2S. The summed E-state index contributed by atoms with van der Waals surface area (Å²) in [6, 6.07) is 5.73. The molecule has 0 amide bonds. The zero-order valence-corrected chi connectivity index (χ0v) is 11.9. The van der Waals surface area contributed by atoms with Crippen molar-refractivity contribution in [3.63, 3.8) is 0 Å². The lowest BCUT2D eigenvalue weighted by atomic mass is 10.1.